The second-order valence-electron chi connectivity index (χ2n) is 17.1. The second kappa shape index (κ2) is 15.5. The van der Waals surface area contributed by atoms with Crippen molar-refractivity contribution in [2.45, 2.75) is 99.6 Å². The van der Waals surface area contributed by atoms with Crippen LogP contribution in [-0.4, -0.2) is 112 Å². The Morgan fingerprint density at radius 1 is 0.983 bits per heavy atom. The maximum absolute atomic E-state index is 13.6. The highest BCUT2D eigenvalue weighted by atomic mass is 32.2. The number of aryl methyl sites for hydroxylation is 2. The Hall–Kier alpha value is -4.94. The number of ether oxygens (including phenoxy) is 2. The predicted octanol–water partition coefficient (Wildman–Crippen LogP) is 3.93. The number of rotatable bonds is 11. The van der Waals surface area contributed by atoms with Gasteiger partial charge in [0.15, 0.2) is 6.23 Å². The largest absolute Gasteiger partial charge is 0.374 e. The minimum Gasteiger partial charge on any atom is -0.374 e. The van der Waals surface area contributed by atoms with Gasteiger partial charge in [0, 0.05) is 56.6 Å². The number of carbonyl (C=O) groups excluding carboxylic acids is 2. The van der Waals surface area contributed by atoms with E-state index in [9.17, 15) is 22.8 Å². The first-order valence-electron chi connectivity index (χ1n) is 21.3. The van der Waals surface area contributed by atoms with E-state index >= 15 is 0 Å². The van der Waals surface area contributed by atoms with Crippen LogP contribution in [0.4, 0.5) is 17.5 Å². The first-order valence-corrected chi connectivity index (χ1v) is 22.7. The lowest BCUT2D eigenvalue weighted by molar-refractivity contribution is -0.135. The molecule has 4 saturated heterocycles. The van der Waals surface area contributed by atoms with E-state index in [4.69, 9.17) is 14.5 Å². The van der Waals surface area contributed by atoms with Gasteiger partial charge < -0.3 is 24.6 Å². The third-order valence-electron chi connectivity index (χ3n) is 13.4. The van der Waals surface area contributed by atoms with E-state index in [1.54, 1.807) is 29.8 Å². The van der Waals surface area contributed by atoms with Gasteiger partial charge in [-0.3, -0.25) is 24.0 Å². The van der Waals surface area contributed by atoms with Gasteiger partial charge in [0.2, 0.25) is 27.8 Å². The SMILES string of the molecule is Cc1cc(S(=O)(=O)N2CC(OCCN3CCC(c4ccc5c(c4)n(C)c(=O)n5C4CCC(=O)NC4=O)CC3)C2)ccc1Nc1ncc2c(n1)N(C1CCCC1)C1OC1C=C2. The van der Waals surface area contributed by atoms with Crippen LogP contribution in [0.5, 0.6) is 0 Å². The third-order valence-corrected chi connectivity index (χ3v) is 15.2. The van der Waals surface area contributed by atoms with Gasteiger partial charge in [0.25, 0.3) is 0 Å². The number of benzene rings is 2. The molecule has 2 N–H and O–H groups in total. The zero-order valence-electron chi connectivity index (χ0n) is 34.0. The molecule has 2 aromatic carbocycles. The lowest BCUT2D eigenvalue weighted by Gasteiger charge is -2.38. The van der Waals surface area contributed by atoms with Gasteiger partial charge in [-0.15, -0.1) is 0 Å². The molecule has 0 radical (unpaired) electrons. The van der Waals surface area contributed by atoms with Crippen molar-refractivity contribution in [2.24, 2.45) is 7.05 Å². The van der Waals surface area contributed by atoms with E-state index in [1.165, 1.54) is 27.3 Å². The molecule has 17 heteroatoms. The van der Waals surface area contributed by atoms with Crippen molar-refractivity contribution in [3.63, 3.8) is 0 Å². The van der Waals surface area contributed by atoms with Crippen molar-refractivity contribution >= 4 is 56.4 Å². The average Bonchev–Trinajstić information content (AvgIpc) is 3.73. The number of nitrogens with zero attached hydrogens (tertiary/aromatic N) is 7. The standard InChI is InChI=1S/C43H51N9O7S/c1-26-21-32(9-10-33(26)45-42-44-23-29-8-13-37-41(59-37)51(39(29)47-42)30-5-3-4-6-30)60(56,57)50-24-31(25-50)58-20-19-49-17-15-27(16-18-49)28-7-11-34-36(22-28)48(2)43(55)52(34)35-12-14-38(53)46-40(35)54/h7-11,13,21-23,27,30-31,35,37,41H,3-6,12,14-20,24-25H2,1-2H3,(H,44,45,47)(H,46,53,54). The van der Waals surface area contributed by atoms with Crippen LogP contribution in [0.15, 0.2) is 58.4 Å². The predicted molar refractivity (Wildman–Crippen MR) is 224 cm³/mol. The fraction of sp³-hybridized carbons (Fsp3) is 0.512. The lowest BCUT2D eigenvalue weighted by atomic mass is 9.89. The highest BCUT2D eigenvalue weighted by molar-refractivity contribution is 7.89. The topological polar surface area (TPSA) is 177 Å². The zero-order chi connectivity index (χ0) is 41.3. The van der Waals surface area contributed by atoms with Crippen LogP contribution in [0.25, 0.3) is 17.1 Å². The lowest BCUT2D eigenvalue weighted by Crippen LogP contribution is -2.55. The summed E-state index contributed by atoms with van der Waals surface area (Å²) in [7, 11) is -1.96. The molecule has 7 heterocycles. The number of likely N-dealkylation sites (tertiary alicyclic amines) is 1. The van der Waals surface area contributed by atoms with E-state index in [0.29, 0.717) is 49.5 Å². The molecule has 6 aliphatic rings. The molecule has 5 fully saturated rings. The summed E-state index contributed by atoms with van der Waals surface area (Å²) in [5, 5.41) is 5.70. The normalized spacial score (nSPS) is 24.3. The van der Waals surface area contributed by atoms with Gasteiger partial charge >= 0.3 is 5.69 Å². The number of piperidine rings is 2. The fourth-order valence-electron chi connectivity index (χ4n) is 9.74. The van der Waals surface area contributed by atoms with Gasteiger partial charge in [0.1, 0.15) is 18.0 Å². The summed E-state index contributed by atoms with van der Waals surface area (Å²) in [5.41, 5.74) is 4.88. The van der Waals surface area contributed by atoms with Crippen molar-refractivity contribution in [1.82, 2.24) is 33.6 Å². The fourth-order valence-corrected chi connectivity index (χ4v) is 11.3. The molecule has 3 unspecified atom stereocenters. The molecule has 4 aromatic rings. The molecule has 3 atom stereocenters. The summed E-state index contributed by atoms with van der Waals surface area (Å²) in [5.74, 6) is 0.933. The third kappa shape index (κ3) is 7.23. The highest BCUT2D eigenvalue weighted by Crippen LogP contribution is 2.42. The Morgan fingerprint density at radius 3 is 2.55 bits per heavy atom. The van der Waals surface area contributed by atoms with E-state index in [2.05, 4.69) is 43.6 Å². The van der Waals surface area contributed by atoms with Crippen LogP contribution in [0.2, 0.25) is 0 Å². The van der Waals surface area contributed by atoms with Crippen LogP contribution in [0.1, 0.15) is 80.0 Å². The molecule has 16 nitrogen and oxygen atoms in total. The van der Waals surface area contributed by atoms with Crippen LogP contribution >= 0.6 is 0 Å². The Morgan fingerprint density at radius 2 is 1.78 bits per heavy atom. The van der Waals surface area contributed by atoms with Crippen molar-refractivity contribution in [1.29, 1.82) is 0 Å². The number of imidazole rings is 1. The summed E-state index contributed by atoms with van der Waals surface area (Å²) in [6.07, 6.45) is 13.0. The number of hydrogen-bond donors (Lipinski definition) is 2. The number of nitrogens with one attached hydrogen (secondary N) is 2. The summed E-state index contributed by atoms with van der Waals surface area (Å²) < 4.78 is 43.9. The highest BCUT2D eigenvalue weighted by Gasteiger charge is 2.48. The van der Waals surface area contributed by atoms with Gasteiger partial charge in [-0.25, -0.2) is 18.2 Å². The van der Waals surface area contributed by atoms with Crippen molar-refractivity contribution < 1.29 is 27.5 Å². The summed E-state index contributed by atoms with van der Waals surface area (Å²) >= 11 is 0. The minimum absolute atomic E-state index is 0.0154. The van der Waals surface area contributed by atoms with Crippen molar-refractivity contribution in [2.75, 3.05) is 49.5 Å². The van der Waals surface area contributed by atoms with E-state index < -0.39 is 22.0 Å². The van der Waals surface area contributed by atoms with Gasteiger partial charge in [0.05, 0.1) is 28.6 Å². The number of amides is 2. The van der Waals surface area contributed by atoms with Gasteiger partial charge in [-0.05, 0) is 99.5 Å². The van der Waals surface area contributed by atoms with Crippen LogP contribution in [0.3, 0.4) is 0 Å². The molecular formula is C43H51N9O7S. The number of anilines is 3. The minimum atomic E-state index is -3.68. The van der Waals surface area contributed by atoms with Crippen LogP contribution in [0, 0.1) is 6.92 Å². The maximum Gasteiger partial charge on any atom is 0.329 e. The number of sulfonamides is 1. The number of aromatic nitrogens is 4. The number of epoxide rings is 1. The summed E-state index contributed by atoms with van der Waals surface area (Å²) in [6.45, 7) is 5.63. The molecule has 5 aliphatic heterocycles. The molecule has 10 rings (SSSR count). The molecule has 2 aromatic heterocycles. The number of hydrogen-bond acceptors (Lipinski definition) is 12. The Bertz CT molecular complexity index is 2550. The molecule has 0 bridgehead atoms. The first-order chi connectivity index (χ1) is 29.0. The molecule has 1 saturated carbocycles. The summed E-state index contributed by atoms with van der Waals surface area (Å²) in [6, 6.07) is 10.9. The molecule has 0 spiro atoms. The molecule has 2 amide bonds. The molecule has 1 aliphatic carbocycles. The second-order valence-corrected chi connectivity index (χ2v) is 19.1. The molecule has 316 valence electrons. The molecular weight excluding hydrogens is 787 g/mol. The van der Waals surface area contributed by atoms with Crippen molar-refractivity contribution in [3.05, 3.63) is 75.8 Å². The van der Waals surface area contributed by atoms with Gasteiger partial charge in [-0.1, -0.05) is 31.1 Å². The molecule has 60 heavy (non-hydrogen) atoms. The van der Waals surface area contributed by atoms with E-state index in [0.717, 1.165) is 73.5 Å². The maximum atomic E-state index is 13.6. The number of imide groups is 1. The quantitative estimate of drug-likeness (QED) is 0.165. The van der Waals surface area contributed by atoms with Crippen LogP contribution in [-0.2, 0) is 36.1 Å². The van der Waals surface area contributed by atoms with Crippen molar-refractivity contribution in [3.8, 4) is 0 Å². The zero-order valence-corrected chi connectivity index (χ0v) is 34.8. The van der Waals surface area contributed by atoms with E-state index in [1.807, 2.05) is 25.3 Å². The van der Waals surface area contributed by atoms with Crippen LogP contribution < -0.4 is 21.2 Å². The van der Waals surface area contributed by atoms with Gasteiger partial charge in [-0.2, -0.15) is 9.29 Å². The number of carbonyl (C=O) groups is 2. The smallest absolute Gasteiger partial charge is 0.329 e. The monoisotopic (exact) mass is 837 g/mol. The summed E-state index contributed by atoms with van der Waals surface area (Å²) in [4.78, 5) is 52.0. The first kappa shape index (κ1) is 39.2. The van der Waals surface area contributed by atoms with E-state index in [-0.39, 0.29) is 41.3 Å². The average molecular weight is 838 g/mol. The Labute approximate surface area is 348 Å². The Kier molecular flexibility index (Phi) is 10.1. The number of fused-ring (bicyclic) bond motifs is 3. The Balaban J connectivity index is 0.698.